The monoisotopic (exact) mass is 333 g/mol. The highest BCUT2D eigenvalue weighted by atomic mass is 16.5. The number of amides is 2. The van der Waals surface area contributed by atoms with E-state index >= 15 is 0 Å². The highest BCUT2D eigenvalue weighted by molar-refractivity contribution is 5.94. The standard InChI is InChI=1S/C18H27N3O3/c1-24-13-10-19-17(22)14-20-16-8-6-15(7-9-16)18(23)21-11-4-2-3-5-12-21/h6-9,20H,2-5,10-14H2,1H3,(H,19,22). The normalized spacial score (nSPS) is 14.8. The summed E-state index contributed by atoms with van der Waals surface area (Å²) in [4.78, 5) is 26.1. The Morgan fingerprint density at radius 1 is 1.08 bits per heavy atom. The van der Waals surface area contributed by atoms with Crippen molar-refractivity contribution in [1.82, 2.24) is 10.2 Å². The molecule has 132 valence electrons. The number of ether oxygens (including phenoxy) is 1. The average molecular weight is 333 g/mol. The third-order valence-electron chi connectivity index (χ3n) is 4.11. The molecule has 2 amide bonds. The zero-order valence-corrected chi connectivity index (χ0v) is 14.3. The molecule has 0 aliphatic carbocycles. The number of benzene rings is 1. The summed E-state index contributed by atoms with van der Waals surface area (Å²) in [6, 6.07) is 7.32. The molecule has 6 heteroatoms. The van der Waals surface area contributed by atoms with Gasteiger partial charge in [-0.2, -0.15) is 0 Å². The van der Waals surface area contributed by atoms with Crippen LogP contribution in [0.3, 0.4) is 0 Å². The molecular weight excluding hydrogens is 306 g/mol. The van der Waals surface area contributed by atoms with Crippen molar-refractivity contribution < 1.29 is 14.3 Å². The van der Waals surface area contributed by atoms with Gasteiger partial charge in [0, 0.05) is 38.0 Å². The van der Waals surface area contributed by atoms with E-state index in [1.807, 2.05) is 29.2 Å². The number of hydrogen-bond donors (Lipinski definition) is 2. The lowest BCUT2D eigenvalue weighted by atomic mass is 10.1. The maximum Gasteiger partial charge on any atom is 0.253 e. The number of anilines is 1. The van der Waals surface area contributed by atoms with Gasteiger partial charge in [-0.3, -0.25) is 9.59 Å². The Kier molecular flexibility index (Phi) is 7.55. The minimum Gasteiger partial charge on any atom is -0.383 e. The summed E-state index contributed by atoms with van der Waals surface area (Å²) in [5.41, 5.74) is 1.52. The molecule has 2 rings (SSSR count). The van der Waals surface area contributed by atoms with Crippen molar-refractivity contribution in [3.63, 3.8) is 0 Å². The molecule has 0 saturated carbocycles. The molecule has 0 spiro atoms. The first-order chi connectivity index (χ1) is 11.7. The van der Waals surface area contributed by atoms with Gasteiger partial charge in [-0.25, -0.2) is 0 Å². The highest BCUT2D eigenvalue weighted by Gasteiger charge is 2.17. The molecule has 24 heavy (non-hydrogen) atoms. The molecular formula is C18H27N3O3. The highest BCUT2D eigenvalue weighted by Crippen LogP contribution is 2.15. The van der Waals surface area contributed by atoms with Crippen LogP contribution in [-0.2, 0) is 9.53 Å². The van der Waals surface area contributed by atoms with Gasteiger partial charge in [0.25, 0.3) is 5.91 Å². The fourth-order valence-electron chi connectivity index (χ4n) is 2.72. The second-order valence-corrected chi connectivity index (χ2v) is 5.98. The van der Waals surface area contributed by atoms with E-state index in [0.717, 1.165) is 31.6 Å². The molecule has 0 bridgehead atoms. The third kappa shape index (κ3) is 5.85. The molecule has 0 aromatic heterocycles. The quantitative estimate of drug-likeness (QED) is 0.748. The molecule has 1 aliphatic rings. The van der Waals surface area contributed by atoms with Gasteiger partial charge in [-0.1, -0.05) is 12.8 Å². The van der Waals surface area contributed by atoms with E-state index in [-0.39, 0.29) is 18.4 Å². The van der Waals surface area contributed by atoms with Crippen LogP contribution in [0.5, 0.6) is 0 Å². The predicted octanol–water partition coefficient (Wildman–Crippen LogP) is 1.88. The minimum absolute atomic E-state index is 0.0863. The van der Waals surface area contributed by atoms with Gasteiger partial charge in [0.2, 0.25) is 5.91 Å². The van der Waals surface area contributed by atoms with E-state index in [9.17, 15) is 9.59 Å². The van der Waals surface area contributed by atoms with Gasteiger partial charge in [0.1, 0.15) is 0 Å². The molecule has 1 aromatic carbocycles. The van der Waals surface area contributed by atoms with Crippen molar-refractivity contribution in [2.24, 2.45) is 0 Å². The first-order valence-electron chi connectivity index (χ1n) is 8.59. The number of carbonyl (C=O) groups is 2. The summed E-state index contributed by atoms with van der Waals surface area (Å²) in [5.74, 6) is 0.0116. The Morgan fingerprint density at radius 2 is 1.75 bits per heavy atom. The van der Waals surface area contributed by atoms with Gasteiger partial charge in [0.15, 0.2) is 0 Å². The van der Waals surface area contributed by atoms with Gasteiger partial charge in [0.05, 0.1) is 13.2 Å². The van der Waals surface area contributed by atoms with Gasteiger partial charge >= 0.3 is 0 Å². The van der Waals surface area contributed by atoms with E-state index in [0.29, 0.717) is 18.7 Å². The van der Waals surface area contributed by atoms with Gasteiger partial charge in [-0.15, -0.1) is 0 Å². The van der Waals surface area contributed by atoms with Crippen LogP contribution in [0.4, 0.5) is 5.69 Å². The number of nitrogens with one attached hydrogen (secondary N) is 2. The molecule has 1 aliphatic heterocycles. The fourth-order valence-corrected chi connectivity index (χ4v) is 2.72. The first kappa shape index (κ1) is 18.3. The van der Waals surface area contributed by atoms with Crippen LogP contribution in [0.2, 0.25) is 0 Å². The number of nitrogens with zero attached hydrogens (tertiary/aromatic N) is 1. The molecule has 1 aromatic rings. The molecule has 1 fully saturated rings. The Balaban J connectivity index is 1.81. The summed E-state index contributed by atoms with van der Waals surface area (Å²) in [6.07, 6.45) is 4.59. The Hall–Kier alpha value is -2.08. The third-order valence-corrected chi connectivity index (χ3v) is 4.11. The first-order valence-corrected chi connectivity index (χ1v) is 8.59. The molecule has 0 atom stereocenters. The average Bonchev–Trinajstić information content (AvgIpc) is 2.89. The predicted molar refractivity (Wildman–Crippen MR) is 94.2 cm³/mol. The number of carbonyl (C=O) groups excluding carboxylic acids is 2. The summed E-state index contributed by atoms with van der Waals surface area (Å²) < 4.78 is 4.88. The van der Waals surface area contributed by atoms with Crippen LogP contribution < -0.4 is 10.6 Å². The molecule has 0 unspecified atom stereocenters. The van der Waals surface area contributed by atoms with Crippen LogP contribution in [0.1, 0.15) is 36.0 Å². The van der Waals surface area contributed by atoms with Crippen LogP contribution in [0.15, 0.2) is 24.3 Å². The summed E-state index contributed by atoms with van der Waals surface area (Å²) in [5, 5.41) is 5.79. The smallest absolute Gasteiger partial charge is 0.253 e. The van der Waals surface area contributed by atoms with Crippen molar-refractivity contribution >= 4 is 17.5 Å². The van der Waals surface area contributed by atoms with E-state index in [1.165, 1.54) is 12.8 Å². The van der Waals surface area contributed by atoms with Crippen molar-refractivity contribution in [3.8, 4) is 0 Å². The molecule has 0 radical (unpaired) electrons. The minimum atomic E-state index is -0.0863. The lowest BCUT2D eigenvalue weighted by Crippen LogP contribution is -2.32. The second kappa shape index (κ2) is 9.93. The van der Waals surface area contributed by atoms with E-state index in [1.54, 1.807) is 7.11 Å². The number of methoxy groups -OCH3 is 1. The fraction of sp³-hybridized carbons (Fsp3) is 0.556. The molecule has 1 saturated heterocycles. The van der Waals surface area contributed by atoms with Crippen LogP contribution in [0, 0.1) is 0 Å². The molecule has 1 heterocycles. The second-order valence-electron chi connectivity index (χ2n) is 5.98. The topological polar surface area (TPSA) is 70.7 Å². The Morgan fingerprint density at radius 3 is 2.38 bits per heavy atom. The zero-order chi connectivity index (χ0) is 17.2. The van der Waals surface area contributed by atoms with Gasteiger partial charge in [-0.05, 0) is 37.1 Å². The van der Waals surface area contributed by atoms with Crippen molar-refractivity contribution in [3.05, 3.63) is 29.8 Å². The summed E-state index contributed by atoms with van der Waals surface area (Å²) in [7, 11) is 1.60. The largest absolute Gasteiger partial charge is 0.383 e. The summed E-state index contributed by atoms with van der Waals surface area (Å²) >= 11 is 0. The van der Waals surface area contributed by atoms with E-state index < -0.39 is 0 Å². The lowest BCUT2D eigenvalue weighted by molar-refractivity contribution is -0.119. The van der Waals surface area contributed by atoms with Crippen LogP contribution >= 0.6 is 0 Å². The number of hydrogen-bond acceptors (Lipinski definition) is 4. The van der Waals surface area contributed by atoms with Crippen molar-refractivity contribution in [2.75, 3.05) is 45.2 Å². The molecule has 2 N–H and O–H groups in total. The number of rotatable bonds is 7. The molecule has 6 nitrogen and oxygen atoms in total. The zero-order valence-electron chi connectivity index (χ0n) is 14.3. The van der Waals surface area contributed by atoms with E-state index in [2.05, 4.69) is 10.6 Å². The van der Waals surface area contributed by atoms with Crippen LogP contribution in [-0.4, -0.2) is 56.6 Å². The van der Waals surface area contributed by atoms with Crippen molar-refractivity contribution in [2.45, 2.75) is 25.7 Å². The Bertz CT molecular complexity index is 523. The SMILES string of the molecule is COCCNC(=O)CNc1ccc(C(=O)N2CCCCCC2)cc1. The Labute approximate surface area is 143 Å². The lowest BCUT2D eigenvalue weighted by Gasteiger charge is -2.20. The maximum atomic E-state index is 12.5. The van der Waals surface area contributed by atoms with E-state index in [4.69, 9.17) is 4.74 Å². The van der Waals surface area contributed by atoms with Crippen molar-refractivity contribution in [1.29, 1.82) is 0 Å². The number of likely N-dealkylation sites (tertiary alicyclic amines) is 1. The van der Waals surface area contributed by atoms with Gasteiger partial charge < -0.3 is 20.3 Å². The maximum absolute atomic E-state index is 12.5. The summed E-state index contributed by atoms with van der Waals surface area (Å²) in [6.45, 7) is 2.89. The van der Waals surface area contributed by atoms with Crippen LogP contribution in [0.25, 0.3) is 0 Å².